The number of halogens is 2. The predicted molar refractivity (Wildman–Crippen MR) is 108 cm³/mol. The number of nitrogens with zero attached hydrogens (tertiary/aromatic N) is 2. The van der Waals surface area contributed by atoms with Crippen LogP contribution in [0.4, 0.5) is 4.39 Å². The summed E-state index contributed by atoms with van der Waals surface area (Å²) in [4.78, 5) is 0. The zero-order valence-corrected chi connectivity index (χ0v) is 17.0. The van der Waals surface area contributed by atoms with E-state index in [0.29, 0.717) is 28.8 Å². The number of aromatic nitrogens is 2. The van der Waals surface area contributed by atoms with E-state index in [9.17, 15) is 4.39 Å². The van der Waals surface area contributed by atoms with Gasteiger partial charge in [0.2, 0.25) is 0 Å². The van der Waals surface area contributed by atoms with Crippen molar-refractivity contribution in [2.24, 2.45) is 0 Å². The second kappa shape index (κ2) is 8.63. The first-order valence-corrected chi connectivity index (χ1v) is 9.26. The van der Waals surface area contributed by atoms with E-state index in [1.165, 1.54) is 12.1 Å². The van der Waals surface area contributed by atoms with Crippen LogP contribution in [0.3, 0.4) is 0 Å². The fraction of sp³-hybridized carbons (Fsp3) is 0.286. The van der Waals surface area contributed by atoms with Gasteiger partial charge in [-0.25, -0.2) is 9.07 Å². The van der Waals surface area contributed by atoms with Crippen LogP contribution in [0.25, 0.3) is 5.69 Å². The number of methoxy groups -OCH3 is 2. The number of hydrogen-bond donors (Lipinski definition) is 1. The van der Waals surface area contributed by atoms with Gasteiger partial charge >= 0.3 is 0 Å². The number of nitrogens with one attached hydrogen (secondary N) is 1. The summed E-state index contributed by atoms with van der Waals surface area (Å²) in [5.74, 6) is 0.827. The molecule has 5 nitrogen and oxygen atoms in total. The molecule has 2 aromatic carbocycles. The highest BCUT2D eigenvalue weighted by Crippen LogP contribution is 2.36. The Morgan fingerprint density at radius 2 is 2.00 bits per heavy atom. The molecule has 3 aromatic rings. The molecule has 1 atom stereocenters. The molecule has 0 radical (unpaired) electrons. The molecule has 0 bridgehead atoms. The lowest BCUT2D eigenvalue weighted by Gasteiger charge is -2.16. The molecule has 0 fully saturated rings. The van der Waals surface area contributed by atoms with E-state index in [1.807, 2.05) is 25.1 Å². The van der Waals surface area contributed by atoms with Crippen LogP contribution >= 0.6 is 11.6 Å². The Bertz CT molecular complexity index is 974. The van der Waals surface area contributed by atoms with E-state index in [4.69, 9.17) is 21.1 Å². The van der Waals surface area contributed by atoms with Crippen molar-refractivity contribution in [2.45, 2.75) is 26.4 Å². The smallest absolute Gasteiger partial charge is 0.179 e. The molecule has 1 N–H and O–H groups in total. The third kappa shape index (κ3) is 4.13. The van der Waals surface area contributed by atoms with Crippen LogP contribution < -0.4 is 14.8 Å². The van der Waals surface area contributed by atoms with E-state index in [1.54, 1.807) is 31.2 Å². The Morgan fingerprint density at radius 3 is 2.68 bits per heavy atom. The van der Waals surface area contributed by atoms with Crippen LogP contribution in [-0.2, 0) is 6.54 Å². The maximum absolute atomic E-state index is 13.5. The normalized spacial score (nSPS) is 12.1. The fourth-order valence-corrected chi connectivity index (χ4v) is 3.48. The van der Waals surface area contributed by atoms with Crippen LogP contribution in [-0.4, -0.2) is 24.0 Å². The zero-order chi connectivity index (χ0) is 20.3. The van der Waals surface area contributed by atoms with Gasteiger partial charge in [0.25, 0.3) is 0 Å². The maximum atomic E-state index is 13.5. The topological polar surface area (TPSA) is 48.3 Å². The largest absolute Gasteiger partial charge is 0.493 e. The van der Waals surface area contributed by atoms with Crippen LogP contribution in [0.15, 0.2) is 42.6 Å². The third-order valence-corrected chi connectivity index (χ3v) is 4.95. The van der Waals surface area contributed by atoms with Gasteiger partial charge in [-0.1, -0.05) is 17.7 Å². The maximum Gasteiger partial charge on any atom is 0.179 e. The Balaban J connectivity index is 1.76. The van der Waals surface area contributed by atoms with Crippen LogP contribution in [0, 0.1) is 12.7 Å². The molecular formula is C21H23ClFN3O2. The summed E-state index contributed by atoms with van der Waals surface area (Å²) in [6.07, 6.45) is 1.81. The second-order valence-corrected chi connectivity index (χ2v) is 6.90. The van der Waals surface area contributed by atoms with Crippen molar-refractivity contribution >= 4 is 11.6 Å². The minimum absolute atomic E-state index is 0.0363. The highest BCUT2D eigenvalue weighted by molar-refractivity contribution is 6.32. The van der Waals surface area contributed by atoms with Crippen LogP contribution in [0.2, 0.25) is 5.02 Å². The molecule has 0 amide bonds. The van der Waals surface area contributed by atoms with Gasteiger partial charge in [-0.05, 0) is 49.7 Å². The van der Waals surface area contributed by atoms with E-state index in [-0.39, 0.29) is 11.9 Å². The van der Waals surface area contributed by atoms with Crippen molar-refractivity contribution in [3.63, 3.8) is 0 Å². The summed E-state index contributed by atoms with van der Waals surface area (Å²) >= 11 is 6.28. The van der Waals surface area contributed by atoms with Gasteiger partial charge in [0, 0.05) is 23.8 Å². The van der Waals surface area contributed by atoms with E-state index in [2.05, 4.69) is 17.3 Å². The first-order chi connectivity index (χ1) is 13.4. The highest BCUT2D eigenvalue weighted by atomic mass is 35.5. The Hall–Kier alpha value is -2.57. The third-order valence-electron chi connectivity index (χ3n) is 4.67. The van der Waals surface area contributed by atoms with Crippen LogP contribution in [0.5, 0.6) is 11.5 Å². The first kappa shape index (κ1) is 20.2. The molecule has 1 heterocycles. The molecule has 7 heteroatoms. The summed E-state index contributed by atoms with van der Waals surface area (Å²) in [5.41, 5.74) is 3.67. The van der Waals surface area contributed by atoms with Crippen molar-refractivity contribution < 1.29 is 13.9 Å². The number of benzene rings is 2. The molecule has 0 spiro atoms. The Labute approximate surface area is 169 Å². The van der Waals surface area contributed by atoms with Gasteiger partial charge in [-0.15, -0.1) is 0 Å². The summed E-state index contributed by atoms with van der Waals surface area (Å²) in [7, 11) is 3.14. The van der Waals surface area contributed by atoms with Gasteiger partial charge in [0.05, 0.1) is 31.1 Å². The molecule has 0 aliphatic heterocycles. The lowest BCUT2D eigenvalue weighted by molar-refractivity contribution is 0.354. The van der Waals surface area contributed by atoms with Gasteiger partial charge in [0.15, 0.2) is 11.5 Å². The van der Waals surface area contributed by atoms with Crippen molar-refractivity contribution in [3.8, 4) is 17.2 Å². The summed E-state index contributed by atoms with van der Waals surface area (Å²) in [6, 6.07) is 10.2. The van der Waals surface area contributed by atoms with Gasteiger partial charge in [-0.2, -0.15) is 5.10 Å². The predicted octanol–water partition coefficient (Wildman–Crippen LogP) is 4.84. The first-order valence-electron chi connectivity index (χ1n) is 8.88. The fourth-order valence-electron chi connectivity index (χ4n) is 3.17. The average Bonchev–Trinajstić information content (AvgIpc) is 3.07. The number of ether oxygens (including phenoxy) is 2. The molecule has 28 heavy (non-hydrogen) atoms. The molecule has 1 aromatic heterocycles. The molecule has 0 aliphatic rings. The lowest BCUT2D eigenvalue weighted by Crippen LogP contribution is -2.18. The minimum atomic E-state index is -0.287. The summed E-state index contributed by atoms with van der Waals surface area (Å²) in [5, 5.41) is 8.39. The van der Waals surface area contributed by atoms with Crippen molar-refractivity contribution in [1.82, 2.24) is 15.1 Å². The van der Waals surface area contributed by atoms with Gasteiger partial charge < -0.3 is 14.8 Å². The molecule has 0 saturated heterocycles. The molecule has 148 valence electrons. The standard InChI is InChI=1S/C21H23ClFN3O2/c1-13(24-11-15-8-19(22)21(28-4)20(9-15)27-3)18-12-25-26(14(18)2)17-7-5-6-16(23)10-17/h5-10,12-13,24H,11H2,1-4H3. The summed E-state index contributed by atoms with van der Waals surface area (Å²) in [6.45, 7) is 4.62. The molecule has 1 unspecified atom stereocenters. The van der Waals surface area contributed by atoms with Crippen molar-refractivity contribution in [2.75, 3.05) is 14.2 Å². The minimum Gasteiger partial charge on any atom is -0.493 e. The monoisotopic (exact) mass is 403 g/mol. The summed E-state index contributed by atoms with van der Waals surface area (Å²) < 4.78 is 25.9. The van der Waals surface area contributed by atoms with E-state index in [0.717, 1.165) is 16.8 Å². The van der Waals surface area contributed by atoms with Crippen molar-refractivity contribution in [1.29, 1.82) is 0 Å². The molecule has 3 rings (SSSR count). The Morgan fingerprint density at radius 1 is 1.21 bits per heavy atom. The van der Waals surface area contributed by atoms with Crippen LogP contribution in [0.1, 0.15) is 29.8 Å². The molecule has 0 aliphatic carbocycles. The van der Waals surface area contributed by atoms with Gasteiger partial charge in [0.1, 0.15) is 5.82 Å². The quantitative estimate of drug-likeness (QED) is 0.613. The number of rotatable bonds is 7. The average molecular weight is 404 g/mol. The molecular weight excluding hydrogens is 381 g/mol. The van der Waals surface area contributed by atoms with Gasteiger partial charge in [-0.3, -0.25) is 0 Å². The van der Waals surface area contributed by atoms with E-state index < -0.39 is 0 Å². The van der Waals surface area contributed by atoms with E-state index >= 15 is 0 Å². The van der Waals surface area contributed by atoms with Crippen molar-refractivity contribution in [3.05, 3.63) is 70.3 Å². The Kier molecular flexibility index (Phi) is 6.21. The highest BCUT2D eigenvalue weighted by Gasteiger charge is 2.16. The SMILES string of the molecule is COc1cc(CNC(C)c2cnn(-c3cccc(F)c3)c2C)cc(Cl)c1OC. The molecule has 0 saturated carbocycles. The zero-order valence-electron chi connectivity index (χ0n) is 16.3. The second-order valence-electron chi connectivity index (χ2n) is 6.49. The lowest BCUT2D eigenvalue weighted by atomic mass is 10.1. The number of hydrogen-bond acceptors (Lipinski definition) is 4.